The molecule has 0 radical (unpaired) electrons. The van der Waals surface area contributed by atoms with E-state index < -0.39 is 0 Å². The highest BCUT2D eigenvalue weighted by Gasteiger charge is 2.17. The van der Waals surface area contributed by atoms with Gasteiger partial charge in [-0.2, -0.15) is 0 Å². The molecule has 0 aromatic carbocycles. The summed E-state index contributed by atoms with van der Waals surface area (Å²) in [6, 6.07) is 0.0697. The van der Waals surface area contributed by atoms with E-state index in [1.165, 1.54) is 0 Å². The van der Waals surface area contributed by atoms with Crippen LogP contribution in [0.15, 0.2) is 12.2 Å². The molecule has 0 atom stereocenters. The average Bonchev–Trinajstić information content (AvgIpc) is 2.58. The largest absolute Gasteiger partial charge is 0.336 e. The number of hydrogen-bond acceptors (Lipinski definition) is 2. The Morgan fingerprint density at radius 3 is 3.07 bits per heavy atom. The van der Waals surface area contributed by atoms with Gasteiger partial charge in [-0.1, -0.05) is 12.2 Å². The van der Waals surface area contributed by atoms with Crippen LogP contribution in [0.2, 0.25) is 0 Å². The van der Waals surface area contributed by atoms with Crippen molar-refractivity contribution >= 4 is 6.03 Å². The van der Waals surface area contributed by atoms with E-state index in [1.807, 2.05) is 11.8 Å². The first-order valence-corrected chi connectivity index (χ1v) is 5.19. The van der Waals surface area contributed by atoms with Crippen LogP contribution in [0.3, 0.4) is 0 Å². The normalized spacial score (nSPS) is 16.6. The molecule has 2 amide bonds. The van der Waals surface area contributed by atoms with Gasteiger partial charge in [0.1, 0.15) is 0 Å². The minimum absolute atomic E-state index is 0.0697. The van der Waals surface area contributed by atoms with E-state index in [1.54, 1.807) is 0 Å². The van der Waals surface area contributed by atoms with Crippen LogP contribution in [0.1, 0.15) is 13.3 Å². The lowest BCUT2D eigenvalue weighted by atomic mass is 10.4. The monoisotopic (exact) mass is 197 g/mol. The Labute approximate surface area is 85.3 Å². The summed E-state index contributed by atoms with van der Waals surface area (Å²) in [5.41, 5.74) is 0. The molecule has 1 aliphatic heterocycles. The van der Waals surface area contributed by atoms with Gasteiger partial charge in [0.15, 0.2) is 0 Å². The van der Waals surface area contributed by atoms with Gasteiger partial charge in [0.2, 0.25) is 0 Å². The van der Waals surface area contributed by atoms with Gasteiger partial charge < -0.3 is 15.5 Å². The Balaban J connectivity index is 1.95. The number of rotatable bonds is 6. The number of nitrogens with zero attached hydrogens (tertiary/aromatic N) is 1. The zero-order chi connectivity index (χ0) is 10.2. The topological polar surface area (TPSA) is 44.4 Å². The molecule has 0 saturated carbocycles. The molecule has 2 N–H and O–H groups in total. The van der Waals surface area contributed by atoms with E-state index in [4.69, 9.17) is 0 Å². The van der Waals surface area contributed by atoms with Crippen LogP contribution in [-0.2, 0) is 0 Å². The van der Waals surface area contributed by atoms with Crippen molar-refractivity contribution in [1.29, 1.82) is 0 Å². The Morgan fingerprint density at radius 2 is 2.43 bits per heavy atom. The van der Waals surface area contributed by atoms with Gasteiger partial charge in [-0.05, 0) is 19.9 Å². The number of nitrogens with one attached hydrogen (secondary N) is 2. The van der Waals surface area contributed by atoms with Crippen molar-refractivity contribution < 1.29 is 4.79 Å². The van der Waals surface area contributed by atoms with Crippen molar-refractivity contribution in [2.45, 2.75) is 13.3 Å². The Kier molecular flexibility index (Phi) is 5.07. The van der Waals surface area contributed by atoms with Crippen LogP contribution in [0.5, 0.6) is 0 Å². The summed E-state index contributed by atoms with van der Waals surface area (Å²) >= 11 is 0. The number of carbonyl (C=O) groups excluding carboxylic acids is 1. The third-order valence-electron chi connectivity index (χ3n) is 2.23. The Bertz CT molecular complexity index is 204. The van der Waals surface area contributed by atoms with Crippen LogP contribution in [-0.4, -0.2) is 43.7 Å². The van der Waals surface area contributed by atoms with Crippen molar-refractivity contribution in [1.82, 2.24) is 15.5 Å². The first-order valence-electron chi connectivity index (χ1n) is 5.19. The predicted octanol–water partition coefficient (Wildman–Crippen LogP) is 0.567. The van der Waals surface area contributed by atoms with Gasteiger partial charge in [-0.3, -0.25) is 0 Å². The fraction of sp³-hybridized carbons (Fsp3) is 0.700. The number of amides is 2. The van der Waals surface area contributed by atoms with Gasteiger partial charge >= 0.3 is 6.03 Å². The maximum atomic E-state index is 11.1. The van der Waals surface area contributed by atoms with Crippen LogP contribution in [0.25, 0.3) is 0 Å². The molecule has 0 aromatic rings. The van der Waals surface area contributed by atoms with Gasteiger partial charge in [-0.25, -0.2) is 4.79 Å². The summed E-state index contributed by atoms with van der Waals surface area (Å²) in [6.07, 6.45) is 5.24. The lowest BCUT2D eigenvalue weighted by Gasteiger charge is -2.13. The van der Waals surface area contributed by atoms with E-state index in [2.05, 4.69) is 22.8 Å². The van der Waals surface area contributed by atoms with Crippen molar-refractivity contribution in [3.05, 3.63) is 12.2 Å². The first kappa shape index (κ1) is 11.0. The molecule has 1 fully saturated rings. The molecule has 1 aliphatic rings. The molecule has 4 nitrogen and oxygen atoms in total. The molecule has 1 heterocycles. The maximum absolute atomic E-state index is 11.1. The van der Waals surface area contributed by atoms with E-state index in [9.17, 15) is 4.79 Å². The number of carbonyl (C=O) groups is 1. The van der Waals surface area contributed by atoms with Crippen molar-refractivity contribution in [3.63, 3.8) is 0 Å². The van der Waals surface area contributed by atoms with Gasteiger partial charge in [0, 0.05) is 26.2 Å². The molecule has 0 bridgehead atoms. The Hall–Kier alpha value is -1.03. The fourth-order valence-electron chi connectivity index (χ4n) is 1.42. The van der Waals surface area contributed by atoms with Crippen LogP contribution < -0.4 is 10.6 Å². The molecule has 4 heteroatoms. The second-order valence-corrected chi connectivity index (χ2v) is 3.33. The van der Waals surface area contributed by atoms with E-state index in [0.29, 0.717) is 0 Å². The molecule has 80 valence electrons. The summed E-state index contributed by atoms with van der Waals surface area (Å²) in [4.78, 5) is 13.0. The van der Waals surface area contributed by atoms with Gasteiger partial charge in [0.05, 0.1) is 0 Å². The van der Waals surface area contributed by atoms with Crippen LogP contribution >= 0.6 is 0 Å². The van der Waals surface area contributed by atoms with Gasteiger partial charge in [0.25, 0.3) is 0 Å². The average molecular weight is 197 g/mol. The van der Waals surface area contributed by atoms with Gasteiger partial charge in [-0.15, -0.1) is 0 Å². The van der Waals surface area contributed by atoms with Crippen molar-refractivity contribution in [2.75, 3.05) is 32.7 Å². The molecule has 1 rings (SSSR count). The maximum Gasteiger partial charge on any atom is 0.317 e. The summed E-state index contributed by atoms with van der Waals surface area (Å²) in [7, 11) is 0. The summed E-state index contributed by atoms with van der Waals surface area (Å²) in [5, 5.41) is 6.07. The highest BCUT2D eigenvalue weighted by atomic mass is 16.2. The molecule has 0 aliphatic carbocycles. The standard InChI is InChI=1S/C10H19N3O/c1-2-3-4-5-11-6-8-13-9-7-12-10(13)14/h2-3,11H,4-9H2,1H3,(H,12,14)/b3-2+. The molecule has 0 unspecified atom stereocenters. The lowest BCUT2D eigenvalue weighted by molar-refractivity contribution is 0.217. The minimum atomic E-state index is 0.0697. The predicted molar refractivity (Wildman–Crippen MR) is 57.3 cm³/mol. The highest BCUT2D eigenvalue weighted by molar-refractivity contribution is 5.76. The molecule has 0 spiro atoms. The minimum Gasteiger partial charge on any atom is -0.336 e. The zero-order valence-electron chi connectivity index (χ0n) is 8.75. The summed E-state index contributed by atoms with van der Waals surface area (Å²) in [6.45, 7) is 6.33. The smallest absolute Gasteiger partial charge is 0.317 e. The SMILES string of the molecule is C/C=C/CCNCCN1CCNC1=O. The molecular formula is C10H19N3O. The molecule has 1 saturated heterocycles. The number of hydrogen-bond donors (Lipinski definition) is 2. The fourth-order valence-corrected chi connectivity index (χ4v) is 1.42. The summed E-state index contributed by atoms with van der Waals surface area (Å²) in [5.74, 6) is 0. The van der Waals surface area contributed by atoms with E-state index in [-0.39, 0.29) is 6.03 Å². The first-order chi connectivity index (χ1) is 6.84. The third kappa shape index (κ3) is 3.79. The van der Waals surface area contributed by atoms with E-state index in [0.717, 1.165) is 39.1 Å². The highest BCUT2D eigenvalue weighted by Crippen LogP contribution is 1.94. The second kappa shape index (κ2) is 6.43. The van der Waals surface area contributed by atoms with Crippen molar-refractivity contribution in [3.8, 4) is 0 Å². The number of urea groups is 1. The quantitative estimate of drug-likeness (QED) is 0.483. The Morgan fingerprint density at radius 1 is 1.57 bits per heavy atom. The molecule has 14 heavy (non-hydrogen) atoms. The second-order valence-electron chi connectivity index (χ2n) is 3.33. The van der Waals surface area contributed by atoms with E-state index >= 15 is 0 Å². The zero-order valence-corrected chi connectivity index (χ0v) is 8.75. The van der Waals surface area contributed by atoms with Crippen molar-refractivity contribution in [2.24, 2.45) is 0 Å². The van der Waals surface area contributed by atoms with Crippen LogP contribution in [0, 0.1) is 0 Å². The molecule has 0 aromatic heterocycles. The lowest BCUT2D eigenvalue weighted by Crippen LogP contribution is -2.34. The summed E-state index contributed by atoms with van der Waals surface area (Å²) < 4.78 is 0. The van der Waals surface area contributed by atoms with Crippen LogP contribution in [0.4, 0.5) is 4.79 Å². The number of allylic oxidation sites excluding steroid dienone is 1. The third-order valence-corrected chi connectivity index (χ3v) is 2.23. The molecular weight excluding hydrogens is 178 g/mol.